The van der Waals surface area contributed by atoms with E-state index in [9.17, 15) is 4.79 Å². The molecule has 0 fully saturated rings. The third-order valence-electron chi connectivity index (χ3n) is 3.98. The van der Waals surface area contributed by atoms with Gasteiger partial charge in [-0.15, -0.1) is 0 Å². The van der Waals surface area contributed by atoms with Crippen LogP contribution in [0.3, 0.4) is 0 Å². The maximum Gasteiger partial charge on any atom is 0.323 e. The first kappa shape index (κ1) is 16.6. The Morgan fingerprint density at radius 1 is 0.926 bits per heavy atom. The van der Waals surface area contributed by atoms with Gasteiger partial charge in [0.25, 0.3) is 0 Å². The minimum atomic E-state index is -0.309. The maximum atomic E-state index is 12.0. The summed E-state index contributed by atoms with van der Waals surface area (Å²) < 4.78 is 7.80. The summed E-state index contributed by atoms with van der Waals surface area (Å²) in [6, 6.07) is 17.9. The van der Waals surface area contributed by atoms with Crippen LogP contribution in [0.15, 0.2) is 73.2 Å². The molecule has 0 atom stereocenters. The molecule has 4 aromatic rings. The molecule has 2 amide bonds. The molecule has 0 aliphatic carbocycles. The van der Waals surface area contributed by atoms with Crippen molar-refractivity contribution in [3.63, 3.8) is 0 Å². The number of nitrogens with one attached hydrogen (secondary N) is 2. The molecule has 0 radical (unpaired) electrons. The molecule has 27 heavy (non-hydrogen) atoms. The molecular weight excluding hydrogens is 342 g/mol. The van der Waals surface area contributed by atoms with E-state index in [0.717, 1.165) is 16.7 Å². The molecule has 2 N–H and O–H groups in total. The Balaban J connectivity index is 1.44. The third-order valence-corrected chi connectivity index (χ3v) is 3.98. The highest BCUT2D eigenvalue weighted by Crippen LogP contribution is 2.27. The molecule has 0 saturated carbocycles. The van der Waals surface area contributed by atoms with Gasteiger partial charge in [0.15, 0.2) is 0 Å². The van der Waals surface area contributed by atoms with Crippen LogP contribution in [0.2, 0.25) is 0 Å². The predicted molar refractivity (Wildman–Crippen MR) is 104 cm³/mol. The van der Waals surface area contributed by atoms with Crippen molar-refractivity contribution in [1.29, 1.82) is 0 Å². The number of aromatic nitrogens is 3. The topological polar surface area (TPSA) is 81.1 Å². The van der Waals surface area contributed by atoms with Crippen molar-refractivity contribution in [3.05, 3.63) is 73.2 Å². The van der Waals surface area contributed by atoms with Crippen LogP contribution in [0.5, 0.6) is 11.6 Å². The monoisotopic (exact) mass is 359 g/mol. The van der Waals surface area contributed by atoms with Gasteiger partial charge in [-0.2, -0.15) is 4.98 Å². The van der Waals surface area contributed by atoms with Crippen LogP contribution in [0, 0.1) is 0 Å². The van der Waals surface area contributed by atoms with Gasteiger partial charge in [-0.1, -0.05) is 18.2 Å². The zero-order chi connectivity index (χ0) is 18.6. The molecule has 7 nitrogen and oxygen atoms in total. The van der Waals surface area contributed by atoms with Crippen molar-refractivity contribution < 1.29 is 9.53 Å². The lowest BCUT2D eigenvalue weighted by molar-refractivity contribution is 0.262. The number of amides is 2. The molecule has 2 aromatic carbocycles. The Morgan fingerprint density at radius 3 is 2.37 bits per heavy atom. The molecule has 134 valence electrons. The van der Waals surface area contributed by atoms with E-state index in [0.29, 0.717) is 17.3 Å². The van der Waals surface area contributed by atoms with Crippen molar-refractivity contribution in [1.82, 2.24) is 14.5 Å². The van der Waals surface area contributed by atoms with Crippen LogP contribution < -0.4 is 15.4 Å². The van der Waals surface area contributed by atoms with Gasteiger partial charge in [0.2, 0.25) is 5.88 Å². The van der Waals surface area contributed by atoms with Crippen molar-refractivity contribution in [2.45, 2.75) is 0 Å². The van der Waals surface area contributed by atoms with Crippen molar-refractivity contribution in [3.8, 4) is 11.6 Å². The Kier molecular flexibility index (Phi) is 4.40. The van der Waals surface area contributed by atoms with Gasteiger partial charge in [-0.05, 0) is 42.5 Å². The zero-order valence-corrected chi connectivity index (χ0v) is 14.6. The van der Waals surface area contributed by atoms with Crippen LogP contribution in [0.4, 0.5) is 16.2 Å². The highest BCUT2D eigenvalue weighted by molar-refractivity contribution is 5.99. The summed E-state index contributed by atoms with van der Waals surface area (Å²) >= 11 is 0. The summed E-state index contributed by atoms with van der Waals surface area (Å²) in [5, 5.41) is 5.55. The van der Waals surface area contributed by atoms with E-state index in [-0.39, 0.29) is 6.03 Å². The number of hydrogen-bond donors (Lipinski definition) is 2. The first-order valence-corrected chi connectivity index (χ1v) is 8.36. The van der Waals surface area contributed by atoms with Crippen molar-refractivity contribution in [2.75, 3.05) is 10.6 Å². The first-order valence-electron chi connectivity index (χ1n) is 8.36. The van der Waals surface area contributed by atoms with Crippen LogP contribution in [0.1, 0.15) is 0 Å². The van der Waals surface area contributed by atoms with Crippen LogP contribution in [0.25, 0.3) is 11.0 Å². The number of carbonyl (C=O) groups is 1. The fourth-order valence-electron chi connectivity index (χ4n) is 2.69. The van der Waals surface area contributed by atoms with Crippen LogP contribution in [-0.2, 0) is 7.05 Å². The van der Waals surface area contributed by atoms with Gasteiger partial charge in [0.1, 0.15) is 17.6 Å². The number of benzene rings is 2. The summed E-state index contributed by atoms with van der Waals surface area (Å²) in [5.74, 6) is 1.10. The number of carbonyl (C=O) groups excluding carboxylic acids is 1. The highest BCUT2D eigenvalue weighted by Gasteiger charge is 2.10. The average molecular weight is 359 g/mol. The number of anilines is 2. The standard InChI is InChI=1S/C20H17N5O2/c1-25-12-11-17-18(25)19(22-13-21-17)27-16-9-7-15(8-10-16)24-20(26)23-14-5-3-2-4-6-14/h2-13H,1H3,(H2,23,24,26). The molecule has 4 rings (SSSR count). The minimum Gasteiger partial charge on any atom is -0.437 e. The molecule has 2 aromatic heterocycles. The molecular formula is C20H17N5O2. The molecule has 0 saturated heterocycles. The van der Waals surface area contributed by atoms with Gasteiger partial charge >= 0.3 is 6.03 Å². The lowest BCUT2D eigenvalue weighted by Gasteiger charge is -2.09. The number of hydrogen-bond acceptors (Lipinski definition) is 4. The van der Waals surface area contributed by atoms with Gasteiger partial charge in [0, 0.05) is 24.6 Å². The number of urea groups is 1. The first-order chi connectivity index (χ1) is 13.2. The largest absolute Gasteiger partial charge is 0.437 e. The van der Waals surface area contributed by atoms with Crippen molar-refractivity contribution >= 4 is 28.4 Å². The second-order valence-electron chi connectivity index (χ2n) is 5.91. The van der Waals surface area contributed by atoms with E-state index < -0.39 is 0 Å². The lowest BCUT2D eigenvalue weighted by atomic mass is 10.3. The van der Waals surface area contributed by atoms with Crippen LogP contribution >= 0.6 is 0 Å². The maximum absolute atomic E-state index is 12.0. The Morgan fingerprint density at radius 2 is 1.63 bits per heavy atom. The predicted octanol–water partition coefficient (Wildman–Crippen LogP) is 4.40. The summed E-state index contributed by atoms with van der Waals surface area (Å²) in [7, 11) is 1.91. The molecule has 7 heteroatoms. The van der Waals surface area contributed by atoms with E-state index >= 15 is 0 Å². The number of nitrogens with zero attached hydrogens (tertiary/aromatic N) is 3. The normalized spacial score (nSPS) is 10.6. The zero-order valence-electron chi connectivity index (χ0n) is 14.6. The Labute approximate surface area is 155 Å². The Bertz CT molecular complexity index is 1070. The lowest BCUT2D eigenvalue weighted by Crippen LogP contribution is -2.19. The number of rotatable bonds is 4. The highest BCUT2D eigenvalue weighted by atomic mass is 16.5. The van der Waals surface area contributed by atoms with Gasteiger partial charge in [-0.3, -0.25) is 0 Å². The van der Waals surface area contributed by atoms with E-state index in [1.165, 1.54) is 6.33 Å². The van der Waals surface area contributed by atoms with E-state index in [2.05, 4.69) is 20.6 Å². The van der Waals surface area contributed by atoms with Gasteiger partial charge < -0.3 is 19.9 Å². The number of para-hydroxylation sites is 1. The van der Waals surface area contributed by atoms with E-state index in [4.69, 9.17) is 4.74 Å². The summed E-state index contributed by atoms with van der Waals surface area (Å²) in [6.07, 6.45) is 3.38. The van der Waals surface area contributed by atoms with Gasteiger partial charge in [-0.25, -0.2) is 9.78 Å². The minimum absolute atomic E-state index is 0.309. The molecule has 0 spiro atoms. The number of aryl methyl sites for hydroxylation is 1. The van der Waals surface area contributed by atoms with Crippen molar-refractivity contribution in [2.24, 2.45) is 7.05 Å². The summed E-state index contributed by atoms with van der Waals surface area (Å²) in [5.41, 5.74) is 3.02. The molecule has 0 bridgehead atoms. The summed E-state index contributed by atoms with van der Waals surface area (Å²) in [4.78, 5) is 20.5. The quantitative estimate of drug-likeness (QED) is 0.566. The average Bonchev–Trinajstić information content (AvgIpc) is 3.06. The fraction of sp³-hybridized carbons (Fsp3) is 0.0500. The Hall–Kier alpha value is -3.87. The van der Waals surface area contributed by atoms with Gasteiger partial charge in [0.05, 0.1) is 5.52 Å². The summed E-state index contributed by atoms with van der Waals surface area (Å²) in [6.45, 7) is 0. The van der Waals surface area contributed by atoms with Crippen LogP contribution in [-0.4, -0.2) is 20.6 Å². The number of ether oxygens (including phenoxy) is 1. The second-order valence-corrected chi connectivity index (χ2v) is 5.91. The number of fused-ring (bicyclic) bond motifs is 1. The SMILES string of the molecule is Cn1ccc2ncnc(Oc3ccc(NC(=O)Nc4ccccc4)cc3)c21. The fourth-order valence-corrected chi connectivity index (χ4v) is 2.69. The molecule has 0 aliphatic heterocycles. The third kappa shape index (κ3) is 3.72. The smallest absolute Gasteiger partial charge is 0.323 e. The molecule has 2 heterocycles. The van der Waals surface area contributed by atoms with E-state index in [1.807, 2.05) is 54.2 Å². The molecule has 0 aliphatic rings. The second kappa shape index (κ2) is 7.17. The van der Waals surface area contributed by atoms with E-state index in [1.54, 1.807) is 24.3 Å². The molecule has 0 unspecified atom stereocenters.